The summed E-state index contributed by atoms with van der Waals surface area (Å²) in [6.45, 7) is 2.14. The van der Waals surface area contributed by atoms with Crippen molar-refractivity contribution < 1.29 is 29.9 Å². The van der Waals surface area contributed by atoms with E-state index >= 15 is 0 Å². The van der Waals surface area contributed by atoms with E-state index in [2.05, 4.69) is 6.92 Å². The SMILES string of the molecule is CCCCCCOC[C@@]1(O)OC[C@@H](O)[C@@H](O)[C@@H]1O. The fourth-order valence-corrected chi connectivity index (χ4v) is 1.87. The molecule has 1 aliphatic rings. The molecule has 0 aromatic carbocycles. The van der Waals surface area contributed by atoms with Crippen molar-refractivity contribution in [2.24, 2.45) is 0 Å². The van der Waals surface area contributed by atoms with Gasteiger partial charge in [0.15, 0.2) is 0 Å². The van der Waals surface area contributed by atoms with Gasteiger partial charge in [0, 0.05) is 6.61 Å². The van der Waals surface area contributed by atoms with Crippen LogP contribution in [0.25, 0.3) is 0 Å². The first-order chi connectivity index (χ1) is 8.51. The first-order valence-corrected chi connectivity index (χ1v) is 6.49. The summed E-state index contributed by atoms with van der Waals surface area (Å²) in [5.41, 5.74) is 0. The Balaban J connectivity index is 2.27. The minimum absolute atomic E-state index is 0.218. The Morgan fingerprint density at radius 3 is 2.61 bits per heavy atom. The maximum absolute atomic E-state index is 9.96. The average molecular weight is 264 g/mol. The van der Waals surface area contributed by atoms with Gasteiger partial charge in [-0.15, -0.1) is 0 Å². The lowest BCUT2D eigenvalue weighted by atomic mass is 9.97. The third kappa shape index (κ3) is 4.15. The van der Waals surface area contributed by atoms with Crippen LogP contribution in [0, 0.1) is 0 Å². The highest BCUT2D eigenvalue weighted by Gasteiger charge is 2.48. The minimum Gasteiger partial charge on any atom is -0.388 e. The molecule has 1 rings (SSSR count). The summed E-state index contributed by atoms with van der Waals surface area (Å²) < 4.78 is 10.2. The molecule has 108 valence electrons. The molecule has 0 spiro atoms. The molecule has 1 aliphatic heterocycles. The second kappa shape index (κ2) is 7.37. The van der Waals surface area contributed by atoms with Crippen LogP contribution < -0.4 is 0 Å². The summed E-state index contributed by atoms with van der Waals surface area (Å²) in [4.78, 5) is 0. The molecule has 18 heavy (non-hydrogen) atoms. The van der Waals surface area contributed by atoms with E-state index in [1.807, 2.05) is 0 Å². The summed E-state index contributed by atoms with van der Waals surface area (Å²) in [5, 5.41) is 38.3. The lowest BCUT2D eigenvalue weighted by molar-refractivity contribution is -0.335. The predicted molar refractivity (Wildman–Crippen MR) is 63.9 cm³/mol. The van der Waals surface area contributed by atoms with Crippen LogP contribution in [-0.2, 0) is 9.47 Å². The van der Waals surface area contributed by atoms with Crippen molar-refractivity contribution in [3.63, 3.8) is 0 Å². The average Bonchev–Trinajstić information content (AvgIpc) is 2.36. The molecule has 0 radical (unpaired) electrons. The Labute approximate surface area is 107 Å². The Hall–Kier alpha value is -0.240. The Bertz CT molecular complexity index is 237. The molecule has 1 saturated heterocycles. The molecule has 1 heterocycles. The van der Waals surface area contributed by atoms with Crippen molar-refractivity contribution >= 4 is 0 Å². The molecule has 1 fully saturated rings. The zero-order valence-corrected chi connectivity index (χ0v) is 10.8. The second-order valence-corrected chi connectivity index (χ2v) is 4.77. The summed E-state index contributed by atoms with van der Waals surface area (Å²) in [6.07, 6.45) is 0.0208. The Morgan fingerprint density at radius 1 is 1.22 bits per heavy atom. The van der Waals surface area contributed by atoms with Gasteiger partial charge in [-0.1, -0.05) is 26.2 Å². The number of hydrogen-bond donors (Lipinski definition) is 4. The second-order valence-electron chi connectivity index (χ2n) is 4.77. The van der Waals surface area contributed by atoms with E-state index < -0.39 is 24.1 Å². The van der Waals surface area contributed by atoms with Gasteiger partial charge < -0.3 is 29.9 Å². The highest BCUT2D eigenvalue weighted by atomic mass is 16.7. The molecule has 6 heteroatoms. The predicted octanol–water partition coefficient (Wildman–Crippen LogP) is -0.615. The van der Waals surface area contributed by atoms with Crippen molar-refractivity contribution in [2.75, 3.05) is 19.8 Å². The highest BCUT2D eigenvalue weighted by Crippen LogP contribution is 2.24. The van der Waals surface area contributed by atoms with E-state index in [-0.39, 0.29) is 13.2 Å². The van der Waals surface area contributed by atoms with Crippen LogP contribution in [0.2, 0.25) is 0 Å². The van der Waals surface area contributed by atoms with Gasteiger partial charge in [-0.05, 0) is 6.42 Å². The van der Waals surface area contributed by atoms with Gasteiger partial charge in [0.25, 0.3) is 0 Å². The van der Waals surface area contributed by atoms with Crippen LogP contribution in [0.1, 0.15) is 32.6 Å². The monoisotopic (exact) mass is 264 g/mol. The number of aliphatic hydroxyl groups excluding tert-OH is 3. The lowest BCUT2D eigenvalue weighted by Gasteiger charge is -2.41. The number of ether oxygens (including phenoxy) is 2. The summed E-state index contributed by atoms with van der Waals surface area (Å²) in [6, 6.07) is 0. The number of hydrogen-bond acceptors (Lipinski definition) is 6. The smallest absolute Gasteiger partial charge is 0.219 e. The fraction of sp³-hybridized carbons (Fsp3) is 1.00. The Morgan fingerprint density at radius 2 is 1.94 bits per heavy atom. The lowest BCUT2D eigenvalue weighted by Crippen LogP contribution is -2.62. The molecule has 0 unspecified atom stereocenters. The number of unbranched alkanes of at least 4 members (excludes halogenated alkanes) is 3. The normalized spacial score (nSPS) is 36.8. The molecule has 0 aromatic heterocycles. The molecular formula is C12H24O6. The van der Waals surface area contributed by atoms with Gasteiger partial charge >= 0.3 is 0 Å². The zero-order chi connectivity index (χ0) is 13.6. The van der Waals surface area contributed by atoms with Gasteiger partial charge in [0.1, 0.15) is 24.9 Å². The first kappa shape index (κ1) is 15.8. The maximum Gasteiger partial charge on any atom is 0.219 e. The van der Waals surface area contributed by atoms with Crippen molar-refractivity contribution in [1.29, 1.82) is 0 Å². The molecule has 0 saturated carbocycles. The van der Waals surface area contributed by atoms with E-state index in [9.17, 15) is 20.4 Å². The van der Waals surface area contributed by atoms with Crippen LogP contribution in [0.15, 0.2) is 0 Å². The van der Waals surface area contributed by atoms with Gasteiger partial charge in [-0.3, -0.25) is 0 Å². The van der Waals surface area contributed by atoms with Gasteiger partial charge in [-0.2, -0.15) is 0 Å². The first-order valence-electron chi connectivity index (χ1n) is 6.49. The van der Waals surface area contributed by atoms with Crippen LogP contribution in [0.4, 0.5) is 0 Å². The summed E-state index contributed by atoms with van der Waals surface area (Å²) >= 11 is 0. The molecule has 0 aromatic rings. The van der Waals surface area contributed by atoms with Gasteiger partial charge in [0.05, 0.1) is 6.61 Å². The molecule has 4 N–H and O–H groups in total. The zero-order valence-electron chi connectivity index (χ0n) is 10.8. The summed E-state index contributed by atoms with van der Waals surface area (Å²) in [7, 11) is 0. The van der Waals surface area contributed by atoms with E-state index in [0.29, 0.717) is 6.61 Å². The van der Waals surface area contributed by atoms with Crippen LogP contribution in [0.5, 0.6) is 0 Å². The van der Waals surface area contributed by atoms with Crippen molar-refractivity contribution in [3.8, 4) is 0 Å². The van der Waals surface area contributed by atoms with Crippen molar-refractivity contribution in [3.05, 3.63) is 0 Å². The number of aliphatic hydroxyl groups is 4. The Kier molecular flexibility index (Phi) is 6.48. The quantitative estimate of drug-likeness (QED) is 0.458. The van der Waals surface area contributed by atoms with E-state index in [1.165, 1.54) is 0 Å². The number of rotatable bonds is 7. The fourth-order valence-electron chi connectivity index (χ4n) is 1.87. The van der Waals surface area contributed by atoms with Gasteiger partial charge in [0.2, 0.25) is 5.79 Å². The van der Waals surface area contributed by atoms with Crippen LogP contribution >= 0.6 is 0 Å². The highest BCUT2D eigenvalue weighted by molar-refractivity contribution is 4.91. The molecular weight excluding hydrogens is 240 g/mol. The summed E-state index contributed by atoms with van der Waals surface area (Å²) in [5.74, 6) is -1.94. The van der Waals surface area contributed by atoms with Crippen molar-refractivity contribution in [1.82, 2.24) is 0 Å². The largest absolute Gasteiger partial charge is 0.388 e. The molecule has 0 amide bonds. The minimum atomic E-state index is -1.94. The third-order valence-electron chi connectivity index (χ3n) is 3.14. The van der Waals surface area contributed by atoms with E-state index in [0.717, 1.165) is 25.7 Å². The third-order valence-corrected chi connectivity index (χ3v) is 3.14. The van der Waals surface area contributed by atoms with E-state index in [4.69, 9.17) is 9.47 Å². The molecule has 0 aliphatic carbocycles. The maximum atomic E-state index is 9.96. The van der Waals surface area contributed by atoms with Gasteiger partial charge in [-0.25, -0.2) is 0 Å². The van der Waals surface area contributed by atoms with Crippen molar-refractivity contribution in [2.45, 2.75) is 56.7 Å². The molecule has 0 bridgehead atoms. The van der Waals surface area contributed by atoms with E-state index in [1.54, 1.807) is 0 Å². The van der Waals surface area contributed by atoms with Crippen LogP contribution in [-0.4, -0.2) is 64.3 Å². The topological polar surface area (TPSA) is 99.4 Å². The molecule has 6 nitrogen and oxygen atoms in total. The standard InChI is InChI=1S/C12H24O6/c1-2-3-4-5-6-17-8-12(16)11(15)10(14)9(13)7-18-12/h9-11,13-16H,2-8H2,1H3/t9-,10-,11+,12-/m1/s1. The van der Waals surface area contributed by atoms with Crippen LogP contribution in [0.3, 0.4) is 0 Å². The molecule has 4 atom stereocenters.